The number of hydrogen-bond acceptors (Lipinski definition) is 3. The number of amides is 1. The monoisotopic (exact) mass is 231 g/mol. The van der Waals surface area contributed by atoms with Gasteiger partial charge in [0, 0.05) is 26.7 Å². The van der Waals surface area contributed by atoms with E-state index in [-0.39, 0.29) is 11.9 Å². The fourth-order valence-corrected chi connectivity index (χ4v) is 1.77. The number of methoxy groups -OCH3 is 1. The zero-order valence-corrected chi connectivity index (χ0v) is 9.89. The van der Waals surface area contributed by atoms with Gasteiger partial charge in [-0.05, 0) is 19.1 Å². The summed E-state index contributed by atoms with van der Waals surface area (Å²) in [5.41, 5.74) is 0. The first-order valence-electron chi connectivity index (χ1n) is 4.98. The number of nitrogens with one attached hydrogen (secondary N) is 2. The van der Waals surface area contributed by atoms with Gasteiger partial charge in [-0.3, -0.25) is 4.79 Å². The minimum Gasteiger partial charge on any atom is -0.383 e. The van der Waals surface area contributed by atoms with E-state index in [1.165, 1.54) is 0 Å². The predicted octanol–water partition coefficient (Wildman–Crippen LogP) is -0.672. The third kappa shape index (κ3) is 3.32. The first-order valence-corrected chi connectivity index (χ1v) is 5.38. The third-order valence-corrected chi connectivity index (χ3v) is 2.72. The molecule has 1 aliphatic rings. The van der Waals surface area contributed by atoms with Gasteiger partial charge >= 0.3 is 0 Å². The van der Waals surface area contributed by atoms with Gasteiger partial charge in [-0.25, -0.2) is 0 Å². The molecule has 0 radical (unpaired) electrons. The topological polar surface area (TPSA) is 53.6 Å². The van der Waals surface area contributed by atoms with Crippen LogP contribution in [-0.2, 0) is 9.53 Å². The highest BCUT2D eigenvalue weighted by Gasteiger charge is 2.26. The second kappa shape index (κ2) is 5.87. The number of hydrogen-bond donors (Lipinski definition) is 2. The Morgan fingerprint density at radius 2 is 2.53 bits per heavy atom. The molecule has 1 aliphatic heterocycles. The Labute approximate surface area is 95.1 Å². The van der Waals surface area contributed by atoms with Gasteiger partial charge in [0.15, 0.2) is 5.11 Å². The van der Waals surface area contributed by atoms with E-state index < -0.39 is 0 Å². The maximum Gasteiger partial charge on any atom is 0.242 e. The van der Waals surface area contributed by atoms with E-state index in [0.29, 0.717) is 24.8 Å². The summed E-state index contributed by atoms with van der Waals surface area (Å²) in [7, 11) is 1.64. The quantitative estimate of drug-likeness (QED) is 0.498. The predicted molar refractivity (Wildman–Crippen MR) is 61.7 cm³/mol. The summed E-state index contributed by atoms with van der Waals surface area (Å²) < 4.78 is 4.91. The molecule has 0 aliphatic carbocycles. The summed E-state index contributed by atoms with van der Waals surface area (Å²) >= 11 is 5.20. The van der Waals surface area contributed by atoms with E-state index in [0.717, 1.165) is 6.54 Å². The van der Waals surface area contributed by atoms with E-state index in [1.54, 1.807) is 7.11 Å². The normalized spacial score (nSPS) is 21.1. The second-order valence-electron chi connectivity index (χ2n) is 3.39. The summed E-state index contributed by atoms with van der Waals surface area (Å²) in [6.07, 6.45) is 0. The molecule has 2 N–H and O–H groups in total. The van der Waals surface area contributed by atoms with E-state index >= 15 is 0 Å². The number of carbonyl (C=O) groups is 1. The van der Waals surface area contributed by atoms with Crippen LogP contribution in [0.25, 0.3) is 0 Å². The lowest BCUT2D eigenvalue weighted by molar-refractivity contribution is -0.126. The molecule has 1 fully saturated rings. The van der Waals surface area contributed by atoms with Crippen molar-refractivity contribution in [1.82, 2.24) is 15.5 Å². The third-order valence-electron chi connectivity index (χ3n) is 2.34. The van der Waals surface area contributed by atoms with Crippen molar-refractivity contribution in [3.63, 3.8) is 0 Å². The molecule has 0 aromatic heterocycles. The summed E-state index contributed by atoms with van der Waals surface area (Å²) in [4.78, 5) is 13.3. The van der Waals surface area contributed by atoms with Gasteiger partial charge in [-0.1, -0.05) is 0 Å². The van der Waals surface area contributed by atoms with Crippen molar-refractivity contribution in [3.8, 4) is 0 Å². The Hall–Kier alpha value is -0.880. The lowest BCUT2D eigenvalue weighted by atomic mass is 10.2. The fraction of sp³-hybridized carbons (Fsp3) is 0.778. The smallest absolute Gasteiger partial charge is 0.242 e. The molecule has 0 aromatic carbocycles. The average Bonchev–Trinajstić information content (AvgIpc) is 2.22. The van der Waals surface area contributed by atoms with Crippen molar-refractivity contribution >= 4 is 23.2 Å². The molecule has 1 amide bonds. The molecule has 1 unspecified atom stereocenters. The molecular weight excluding hydrogens is 214 g/mol. The van der Waals surface area contributed by atoms with Crippen LogP contribution in [0.4, 0.5) is 0 Å². The van der Waals surface area contributed by atoms with E-state index in [9.17, 15) is 4.79 Å². The van der Waals surface area contributed by atoms with Gasteiger partial charge in [-0.15, -0.1) is 0 Å². The number of thiocarbonyl (C=S) groups is 1. The Balaban J connectivity index is 2.40. The number of ether oxygens (including phenoxy) is 1. The summed E-state index contributed by atoms with van der Waals surface area (Å²) in [5, 5.41) is 6.47. The highest BCUT2D eigenvalue weighted by Crippen LogP contribution is 2.03. The molecule has 6 heteroatoms. The van der Waals surface area contributed by atoms with Crippen LogP contribution in [0.5, 0.6) is 0 Å². The number of carbonyl (C=O) groups excluding carboxylic acids is 1. The van der Waals surface area contributed by atoms with Crippen molar-refractivity contribution in [3.05, 3.63) is 0 Å². The van der Waals surface area contributed by atoms with Gasteiger partial charge in [-0.2, -0.15) is 0 Å². The summed E-state index contributed by atoms with van der Waals surface area (Å²) in [5.74, 6) is 0.0251. The molecule has 15 heavy (non-hydrogen) atoms. The number of nitrogens with zero attached hydrogens (tertiary/aromatic N) is 1. The molecule has 0 saturated carbocycles. The van der Waals surface area contributed by atoms with Crippen molar-refractivity contribution in [2.75, 3.05) is 33.4 Å². The minimum absolute atomic E-state index is 0.0251. The molecule has 0 aromatic rings. The van der Waals surface area contributed by atoms with E-state index in [2.05, 4.69) is 10.6 Å². The van der Waals surface area contributed by atoms with Crippen LogP contribution in [-0.4, -0.2) is 55.3 Å². The van der Waals surface area contributed by atoms with Crippen LogP contribution < -0.4 is 10.6 Å². The number of piperazine rings is 1. The molecule has 0 spiro atoms. The standard InChI is InChI=1S/C9H17N3O2S/c1-7-8(13)10-3-5-12(7)9(15)11-4-6-14-2/h7H,3-6H2,1-2H3,(H,10,13)(H,11,15). The lowest BCUT2D eigenvalue weighted by Crippen LogP contribution is -2.58. The molecule has 1 atom stereocenters. The zero-order valence-electron chi connectivity index (χ0n) is 9.08. The first-order chi connectivity index (χ1) is 7.16. The van der Waals surface area contributed by atoms with Crippen LogP contribution in [0.1, 0.15) is 6.92 Å². The molecule has 1 saturated heterocycles. The largest absolute Gasteiger partial charge is 0.383 e. The van der Waals surface area contributed by atoms with Gasteiger partial charge in [0.2, 0.25) is 5.91 Å². The Bertz CT molecular complexity index is 248. The zero-order chi connectivity index (χ0) is 11.3. The van der Waals surface area contributed by atoms with Gasteiger partial charge in [0.05, 0.1) is 6.61 Å². The van der Waals surface area contributed by atoms with Gasteiger partial charge in [0.25, 0.3) is 0 Å². The van der Waals surface area contributed by atoms with Crippen LogP contribution in [0.15, 0.2) is 0 Å². The maximum absolute atomic E-state index is 11.4. The highest BCUT2D eigenvalue weighted by atomic mass is 32.1. The Kier molecular flexibility index (Phi) is 4.77. The summed E-state index contributed by atoms with van der Waals surface area (Å²) in [6.45, 7) is 4.52. The van der Waals surface area contributed by atoms with Crippen molar-refractivity contribution in [2.24, 2.45) is 0 Å². The molecular formula is C9H17N3O2S. The van der Waals surface area contributed by atoms with Gasteiger partial charge in [0.1, 0.15) is 6.04 Å². The van der Waals surface area contributed by atoms with E-state index in [1.807, 2.05) is 11.8 Å². The van der Waals surface area contributed by atoms with E-state index in [4.69, 9.17) is 17.0 Å². The molecule has 86 valence electrons. The molecule has 5 nitrogen and oxygen atoms in total. The van der Waals surface area contributed by atoms with Crippen LogP contribution >= 0.6 is 12.2 Å². The average molecular weight is 231 g/mol. The van der Waals surface area contributed by atoms with Crippen molar-refractivity contribution < 1.29 is 9.53 Å². The Morgan fingerprint density at radius 1 is 1.80 bits per heavy atom. The van der Waals surface area contributed by atoms with Crippen LogP contribution in [0, 0.1) is 0 Å². The van der Waals surface area contributed by atoms with Crippen molar-refractivity contribution in [1.29, 1.82) is 0 Å². The Morgan fingerprint density at radius 3 is 3.20 bits per heavy atom. The SMILES string of the molecule is COCCNC(=S)N1CCNC(=O)C1C. The number of rotatable bonds is 3. The van der Waals surface area contributed by atoms with Gasteiger partial charge < -0.3 is 20.3 Å². The van der Waals surface area contributed by atoms with Crippen LogP contribution in [0.2, 0.25) is 0 Å². The fourth-order valence-electron chi connectivity index (χ4n) is 1.42. The second-order valence-corrected chi connectivity index (χ2v) is 3.77. The highest BCUT2D eigenvalue weighted by molar-refractivity contribution is 7.80. The first kappa shape index (κ1) is 12.2. The minimum atomic E-state index is -0.193. The van der Waals surface area contributed by atoms with Crippen molar-refractivity contribution in [2.45, 2.75) is 13.0 Å². The lowest BCUT2D eigenvalue weighted by Gasteiger charge is -2.34. The maximum atomic E-state index is 11.4. The molecule has 0 bridgehead atoms. The summed E-state index contributed by atoms with van der Waals surface area (Å²) in [6, 6.07) is -0.193. The molecule has 1 rings (SSSR count). The molecule has 1 heterocycles. The van der Waals surface area contributed by atoms with Crippen LogP contribution in [0.3, 0.4) is 0 Å².